The Morgan fingerprint density at radius 2 is 2.35 bits per heavy atom. The Kier molecular flexibility index (Phi) is 5.18. The number of hydrogen-bond donors (Lipinski definition) is 0. The first-order valence-corrected chi connectivity index (χ1v) is 10.9. The highest BCUT2D eigenvalue weighted by Gasteiger charge is 2.30. The van der Waals surface area contributed by atoms with Crippen LogP contribution in [-0.4, -0.2) is 32.6 Å². The van der Waals surface area contributed by atoms with Crippen LogP contribution in [0.25, 0.3) is 10.7 Å². The van der Waals surface area contributed by atoms with Crippen molar-refractivity contribution >= 4 is 29.1 Å². The van der Waals surface area contributed by atoms with Crippen LogP contribution in [0.15, 0.2) is 23.9 Å². The van der Waals surface area contributed by atoms with E-state index in [1.54, 1.807) is 0 Å². The van der Waals surface area contributed by atoms with Gasteiger partial charge in [0.15, 0.2) is 11.0 Å². The fraction of sp³-hybridized carbons (Fsp3) is 0.526. The summed E-state index contributed by atoms with van der Waals surface area (Å²) in [6, 6.07) is 2.30. The molecule has 1 aliphatic carbocycles. The quantitative estimate of drug-likeness (QED) is 0.550. The number of thioether (sulfide) groups is 1. The van der Waals surface area contributed by atoms with Crippen molar-refractivity contribution in [1.82, 2.24) is 14.8 Å². The SMILES string of the molecule is C=CCn1c(S[C@H]2CCOC2=O)nnc1-c1cc2c(s1)CC[C@@H](CC)C2. The molecule has 1 aliphatic heterocycles. The largest absolute Gasteiger partial charge is 0.465 e. The van der Waals surface area contributed by atoms with E-state index < -0.39 is 0 Å². The number of esters is 1. The molecule has 0 N–H and O–H groups in total. The highest BCUT2D eigenvalue weighted by molar-refractivity contribution is 8.00. The zero-order valence-corrected chi connectivity index (χ0v) is 16.6. The van der Waals surface area contributed by atoms with Crippen LogP contribution in [0.4, 0.5) is 0 Å². The van der Waals surface area contributed by atoms with Crippen LogP contribution < -0.4 is 0 Å². The average Bonchev–Trinajstić information content (AvgIpc) is 3.34. The Morgan fingerprint density at radius 1 is 1.46 bits per heavy atom. The van der Waals surface area contributed by atoms with E-state index in [9.17, 15) is 4.79 Å². The lowest BCUT2D eigenvalue weighted by Gasteiger charge is -2.19. The Morgan fingerprint density at radius 3 is 3.08 bits per heavy atom. The minimum Gasteiger partial charge on any atom is -0.465 e. The minimum absolute atomic E-state index is 0.151. The molecule has 7 heteroatoms. The molecule has 0 aromatic carbocycles. The highest BCUT2D eigenvalue weighted by atomic mass is 32.2. The molecule has 2 aromatic heterocycles. The molecule has 26 heavy (non-hydrogen) atoms. The number of ether oxygens (including phenoxy) is 1. The summed E-state index contributed by atoms with van der Waals surface area (Å²) in [5.41, 5.74) is 1.48. The van der Waals surface area contributed by atoms with Gasteiger partial charge in [-0.3, -0.25) is 9.36 Å². The van der Waals surface area contributed by atoms with Gasteiger partial charge in [0, 0.05) is 17.8 Å². The normalized spacial score (nSPS) is 22.3. The second kappa shape index (κ2) is 7.56. The van der Waals surface area contributed by atoms with E-state index >= 15 is 0 Å². The maximum Gasteiger partial charge on any atom is 0.319 e. The number of fused-ring (bicyclic) bond motifs is 1. The van der Waals surface area contributed by atoms with Crippen LogP contribution in [-0.2, 0) is 28.9 Å². The van der Waals surface area contributed by atoms with Crippen molar-refractivity contribution in [3.63, 3.8) is 0 Å². The van der Waals surface area contributed by atoms with Gasteiger partial charge in [-0.15, -0.1) is 28.1 Å². The first-order chi connectivity index (χ1) is 12.7. The average molecular weight is 390 g/mol. The van der Waals surface area contributed by atoms with Gasteiger partial charge in [-0.1, -0.05) is 31.2 Å². The minimum atomic E-state index is -0.183. The lowest BCUT2D eigenvalue weighted by Crippen LogP contribution is -2.11. The second-order valence-corrected chi connectivity index (χ2v) is 9.15. The molecule has 0 saturated carbocycles. The van der Waals surface area contributed by atoms with Gasteiger partial charge in [-0.25, -0.2) is 0 Å². The standard InChI is InChI=1S/C19H23N3O2S2/c1-3-8-22-17(20-21-19(22)26-15-7-9-24-18(15)23)16-11-13-10-12(4-2)5-6-14(13)25-16/h3,11-12,15H,1,4-10H2,2H3/t12-,15+/m1/s1. The monoisotopic (exact) mass is 389 g/mol. The van der Waals surface area contributed by atoms with Crippen molar-refractivity contribution in [3.8, 4) is 10.7 Å². The van der Waals surface area contributed by atoms with Gasteiger partial charge in [-0.2, -0.15) is 0 Å². The highest BCUT2D eigenvalue weighted by Crippen LogP contribution is 2.39. The number of aryl methyl sites for hydroxylation is 1. The summed E-state index contributed by atoms with van der Waals surface area (Å²) in [6.45, 7) is 7.28. The van der Waals surface area contributed by atoms with E-state index in [0.717, 1.165) is 23.3 Å². The Labute approximate surface area is 161 Å². The molecule has 2 atom stereocenters. The molecular formula is C19H23N3O2S2. The summed E-state index contributed by atoms with van der Waals surface area (Å²) in [6.07, 6.45) is 7.45. The van der Waals surface area contributed by atoms with Crippen molar-refractivity contribution in [2.45, 2.75) is 56.0 Å². The molecule has 1 saturated heterocycles. The van der Waals surface area contributed by atoms with E-state index in [1.807, 2.05) is 17.4 Å². The first-order valence-electron chi connectivity index (χ1n) is 9.19. The lowest BCUT2D eigenvalue weighted by atomic mass is 9.87. The molecule has 5 nitrogen and oxygen atoms in total. The van der Waals surface area contributed by atoms with Crippen molar-refractivity contribution in [2.24, 2.45) is 5.92 Å². The molecule has 2 aliphatic rings. The number of thiophene rings is 1. The summed E-state index contributed by atoms with van der Waals surface area (Å²) < 4.78 is 7.14. The Balaban J connectivity index is 1.63. The van der Waals surface area contributed by atoms with Gasteiger partial charge in [-0.05, 0) is 36.8 Å². The van der Waals surface area contributed by atoms with Crippen LogP contribution >= 0.6 is 23.1 Å². The summed E-state index contributed by atoms with van der Waals surface area (Å²) in [5, 5.41) is 9.41. The summed E-state index contributed by atoms with van der Waals surface area (Å²) >= 11 is 3.29. The molecule has 0 bridgehead atoms. The van der Waals surface area contributed by atoms with E-state index in [-0.39, 0.29) is 11.2 Å². The van der Waals surface area contributed by atoms with Crippen LogP contribution in [0, 0.1) is 5.92 Å². The topological polar surface area (TPSA) is 57.0 Å². The van der Waals surface area contributed by atoms with Gasteiger partial charge >= 0.3 is 5.97 Å². The Hall–Kier alpha value is -1.60. The predicted octanol–water partition coefficient (Wildman–Crippen LogP) is 4.12. The predicted molar refractivity (Wildman–Crippen MR) is 105 cm³/mol. The first kappa shape index (κ1) is 17.8. The van der Waals surface area contributed by atoms with E-state index in [4.69, 9.17) is 4.74 Å². The second-order valence-electron chi connectivity index (χ2n) is 6.84. The molecule has 0 unspecified atom stereocenters. The number of cyclic esters (lactones) is 1. The van der Waals surface area contributed by atoms with Crippen LogP contribution in [0.3, 0.4) is 0 Å². The maximum absolute atomic E-state index is 11.8. The molecule has 0 spiro atoms. The molecule has 138 valence electrons. The third-order valence-electron chi connectivity index (χ3n) is 5.15. The number of rotatable bonds is 6. The number of carbonyl (C=O) groups is 1. The van der Waals surface area contributed by atoms with Crippen LogP contribution in [0.2, 0.25) is 0 Å². The maximum atomic E-state index is 11.8. The summed E-state index contributed by atoms with van der Waals surface area (Å²) in [7, 11) is 0. The van der Waals surface area contributed by atoms with Crippen molar-refractivity contribution in [1.29, 1.82) is 0 Å². The molecule has 0 amide bonds. The van der Waals surface area contributed by atoms with E-state index in [2.05, 4.69) is 34.3 Å². The summed E-state index contributed by atoms with van der Waals surface area (Å²) in [4.78, 5) is 14.5. The zero-order valence-electron chi connectivity index (χ0n) is 14.9. The van der Waals surface area contributed by atoms with Gasteiger partial charge in [0.25, 0.3) is 0 Å². The zero-order chi connectivity index (χ0) is 18.1. The van der Waals surface area contributed by atoms with E-state index in [1.165, 1.54) is 52.8 Å². The molecule has 1 fully saturated rings. The van der Waals surface area contributed by atoms with Gasteiger partial charge in [0.1, 0.15) is 5.25 Å². The van der Waals surface area contributed by atoms with Gasteiger partial charge in [0.05, 0.1) is 11.5 Å². The molecule has 0 radical (unpaired) electrons. The van der Waals surface area contributed by atoms with Crippen LogP contribution in [0.5, 0.6) is 0 Å². The van der Waals surface area contributed by atoms with Crippen molar-refractivity contribution in [2.75, 3.05) is 6.61 Å². The van der Waals surface area contributed by atoms with E-state index in [0.29, 0.717) is 13.2 Å². The van der Waals surface area contributed by atoms with Gasteiger partial charge < -0.3 is 4.74 Å². The fourth-order valence-electron chi connectivity index (χ4n) is 3.62. The molecule has 4 rings (SSSR count). The van der Waals surface area contributed by atoms with Crippen molar-refractivity contribution < 1.29 is 9.53 Å². The number of nitrogens with zero attached hydrogens (tertiary/aromatic N) is 3. The van der Waals surface area contributed by atoms with Crippen molar-refractivity contribution in [3.05, 3.63) is 29.2 Å². The third-order valence-corrected chi connectivity index (χ3v) is 7.60. The third kappa shape index (κ3) is 3.34. The molecule has 3 heterocycles. The number of allylic oxidation sites excluding steroid dienone is 1. The van der Waals surface area contributed by atoms with Crippen LogP contribution in [0.1, 0.15) is 36.6 Å². The summed E-state index contributed by atoms with van der Waals surface area (Å²) in [5.74, 6) is 1.53. The fourth-order valence-corrected chi connectivity index (χ4v) is 5.83. The smallest absolute Gasteiger partial charge is 0.319 e. The number of hydrogen-bond acceptors (Lipinski definition) is 6. The molecular weight excluding hydrogens is 366 g/mol. The lowest BCUT2D eigenvalue weighted by molar-refractivity contribution is -0.137. The molecule has 2 aromatic rings. The van der Waals surface area contributed by atoms with Gasteiger partial charge in [0.2, 0.25) is 0 Å². The Bertz CT molecular complexity index is 827. The number of aromatic nitrogens is 3. The number of carbonyl (C=O) groups excluding carboxylic acids is 1.